The molecule has 0 bridgehead atoms. The predicted octanol–water partition coefficient (Wildman–Crippen LogP) is 2.60. The Hall–Kier alpha value is -2.57. The molecule has 1 aliphatic carbocycles. The minimum absolute atomic E-state index is 0.00235. The van der Waals surface area contributed by atoms with Gasteiger partial charge < -0.3 is 5.32 Å². The Balaban J connectivity index is 1.54. The molecule has 2 heterocycles. The van der Waals surface area contributed by atoms with E-state index in [0.29, 0.717) is 30.6 Å². The van der Waals surface area contributed by atoms with Crippen molar-refractivity contribution in [3.05, 3.63) is 39.7 Å². The summed E-state index contributed by atoms with van der Waals surface area (Å²) in [6.45, 7) is 9.74. The predicted molar refractivity (Wildman–Crippen MR) is 107 cm³/mol. The molecule has 2 aromatic rings. The summed E-state index contributed by atoms with van der Waals surface area (Å²) in [4.78, 5) is 33.4. The molecule has 1 amide bonds. The second-order valence-electron chi connectivity index (χ2n) is 7.70. The van der Waals surface area contributed by atoms with E-state index in [4.69, 9.17) is 0 Å². The summed E-state index contributed by atoms with van der Waals surface area (Å²) in [7, 11) is 0. The number of hydrogen-bond donors (Lipinski definition) is 1. The van der Waals surface area contributed by atoms with E-state index in [-0.39, 0.29) is 17.7 Å². The number of fused-ring (bicyclic) bond motifs is 1. The van der Waals surface area contributed by atoms with Crippen LogP contribution in [0.15, 0.2) is 0 Å². The molecule has 0 aliphatic heterocycles. The highest BCUT2D eigenvalue weighted by molar-refractivity contribution is 5.96. The zero-order valence-electron chi connectivity index (χ0n) is 17.4. The van der Waals surface area contributed by atoms with Crippen molar-refractivity contribution in [2.75, 3.05) is 6.54 Å². The number of amides is 1. The zero-order valence-corrected chi connectivity index (χ0v) is 17.4. The molecule has 0 spiro atoms. The van der Waals surface area contributed by atoms with Crippen LogP contribution in [0.3, 0.4) is 0 Å². The average Bonchev–Trinajstić information content (AvgIpc) is 3.19. The molecule has 0 fully saturated rings. The molecule has 1 N–H and O–H groups in total. The van der Waals surface area contributed by atoms with Crippen LogP contribution in [-0.4, -0.2) is 38.0 Å². The number of aromatic nitrogens is 4. The number of aryl methyl sites for hydroxylation is 3. The maximum atomic E-state index is 12.3. The van der Waals surface area contributed by atoms with Crippen LogP contribution in [0.1, 0.15) is 77.3 Å². The highest BCUT2D eigenvalue weighted by Crippen LogP contribution is 2.22. The van der Waals surface area contributed by atoms with Crippen LogP contribution in [0.25, 0.3) is 0 Å². The molecular weight excluding hydrogens is 354 g/mol. The zero-order chi connectivity index (χ0) is 20.4. The number of rotatable bonds is 7. The summed E-state index contributed by atoms with van der Waals surface area (Å²) in [6.07, 6.45) is 4.20. The standard InChI is InChI=1S/C21H29N5O2/c1-12(26-15(4)21(16(5)27)14(3)25-26)11-20(28)22-10-9-19-23-13(2)17-7-6-8-18(17)24-19/h12H,6-11H2,1-5H3,(H,22,28)/t12-/m1/s1. The quantitative estimate of drug-likeness (QED) is 0.742. The smallest absolute Gasteiger partial charge is 0.222 e. The van der Waals surface area contributed by atoms with Gasteiger partial charge in [-0.05, 0) is 59.4 Å². The fourth-order valence-corrected chi connectivity index (χ4v) is 4.14. The van der Waals surface area contributed by atoms with Crippen LogP contribution in [0.2, 0.25) is 0 Å². The third kappa shape index (κ3) is 4.13. The maximum absolute atomic E-state index is 12.3. The van der Waals surface area contributed by atoms with Gasteiger partial charge in [-0.25, -0.2) is 9.97 Å². The average molecular weight is 383 g/mol. The van der Waals surface area contributed by atoms with Crippen molar-refractivity contribution < 1.29 is 9.59 Å². The van der Waals surface area contributed by atoms with Crippen LogP contribution in [0, 0.1) is 20.8 Å². The van der Waals surface area contributed by atoms with Crippen molar-refractivity contribution >= 4 is 11.7 Å². The second-order valence-corrected chi connectivity index (χ2v) is 7.70. The number of Topliss-reactive ketones (excluding diaryl/α,β-unsaturated/α-hetero) is 1. The van der Waals surface area contributed by atoms with E-state index in [1.807, 2.05) is 27.7 Å². The molecule has 150 valence electrons. The lowest BCUT2D eigenvalue weighted by atomic mass is 10.1. The first-order valence-corrected chi connectivity index (χ1v) is 9.96. The number of carbonyl (C=O) groups excluding carboxylic acids is 2. The van der Waals surface area contributed by atoms with Crippen LogP contribution in [0.4, 0.5) is 0 Å². The second kappa shape index (κ2) is 8.20. The molecular formula is C21H29N5O2. The normalized spacial score (nSPS) is 14.0. The Kier molecular flexibility index (Phi) is 5.91. The van der Waals surface area contributed by atoms with Gasteiger partial charge in [0.05, 0.1) is 17.3 Å². The summed E-state index contributed by atoms with van der Waals surface area (Å²) in [5, 5.41) is 7.41. The first kappa shape index (κ1) is 20.2. The third-order valence-corrected chi connectivity index (χ3v) is 5.43. The van der Waals surface area contributed by atoms with E-state index in [0.717, 1.165) is 36.5 Å². The number of nitrogens with zero attached hydrogens (tertiary/aromatic N) is 4. The Morgan fingerprint density at radius 2 is 1.89 bits per heavy atom. The molecule has 0 saturated heterocycles. The van der Waals surface area contributed by atoms with Gasteiger partial charge in [0.1, 0.15) is 5.82 Å². The minimum atomic E-state index is -0.120. The Labute approximate surface area is 166 Å². The highest BCUT2D eigenvalue weighted by Gasteiger charge is 2.20. The molecule has 0 unspecified atom stereocenters. The highest BCUT2D eigenvalue weighted by atomic mass is 16.1. The van der Waals surface area contributed by atoms with Crippen molar-refractivity contribution in [2.45, 2.75) is 72.8 Å². The van der Waals surface area contributed by atoms with E-state index in [9.17, 15) is 9.59 Å². The van der Waals surface area contributed by atoms with Gasteiger partial charge in [-0.15, -0.1) is 0 Å². The van der Waals surface area contributed by atoms with Gasteiger partial charge in [0.25, 0.3) is 0 Å². The molecule has 7 nitrogen and oxygen atoms in total. The lowest BCUT2D eigenvalue weighted by molar-refractivity contribution is -0.121. The largest absolute Gasteiger partial charge is 0.356 e. The number of nitrogens with one attached hydrogen (secondary N) is 1. The third-order valence-electron chi connectivity index (χ3n) is 5.43. The monoisotopic (exact) mass is 383 g/mol. The van der Waals surface area contributed by atoms with Crippen molar-refractivity contribution in [3.63, 3.8) is 0 Å². The molecule has 1 atom stereocenters. The molecule has 7 heteroatoms. The molecule has 0 radical (unpaired) electrons. The van der Waals surface area contributed by atoms with E-state index < -0.39 is 0 Å². The van der Waals surface area contributed by atoms with Crippen molar-refractivity contribution in [1.82, 2.24) is 25.1 Å². The number of carbonyl (C=O) groups is 2. The first-order valence-electron chi connectivity index (χ1n) is 9.96. The van der Waals surface area contributed by atoms with Gasteiger partial charge in [0.15, 0.2) is 5.78 Å². The molecule has 1 aliphatic rings. The fourth-order valence-electron chi connectivity index (χ4n) is 4.14. The van der Waals surface area contributed by atoms with Crippen molar-refractivity contribution in [3.8, 4) is 0 Å². The minimum Gasteiger partial charge on any atom is -0.356 e. The van der Waals surface area contributed by atoms with Gasteiger partial charge in [-0.1, -0.05) is 0 Å². The lowest BCUT2D eigenvalue weighted by Crippen LogP contribution is -2.28. The number of ketones is 1. The van der Waals surface area contributed by atoms with Crippen LogP contribution in [0.5, 0.6) is 0 Å². The van der Waals surface area contributed by atoms with Crippen LogP contribution >= 0.6 is 0 Å². The van der Waals surface area contributed by atoms with Gasteiger partial charge in [-0.2, -0.15) is 5.10 Å². The van der Waals surface area contributed by atoms with Gasteiger partial charge in [-0.3, -0.25) is 14.3 Å². The molecule has 0 aromatic carbocycles. The Morgan fingerprint density at radius 1 is 1.14 bits per heavy atom. The van der Waals surface area contributed by atoms with Gasteiger partial charge in [0.2, 0.25) is 5.91 Å². The van der Waals surface area contributed by atoms with Crippen molar-refractivity contribution in [1.29, 1.82) is 0 Å². The Morgan fingerprint density at radius 3 is 2.57 bits per heavy atom. The summed E-state index contributed by atoms with van der Waals surface area (Å²) >= 11 is 0. The molecule has 0 saturated carbocycles. The van der Waals surface area contributed by atoms with Crippen LogP contribution < -0.4 is 5.32 Å². The fraction of sp³-hybridized carbons (Fsp3) is 0.571. The maximum Gasteiger partial charge on any atom is 0.222 e. The summed E-state index contributed by atoms with van der Waals surface area (Å²) in [5.74, 6) is 0.765. The topological polar surface area (TPSA) is 89.8 Å². The van der Waals surface area contributed by atoms with Crippen LogP contribution in [-0.2, 0) is 24.1 Å². The van der Waals surface area contributed by atoms with E-state index in [2.05, 4.69) is 20.4 Å². The Bertz CT molecular complexity index is 916. The van der Waals surface area contributed by atoms with E-state index >= 15 is 0 Å². The van der Waals surface area contributed by atoms with E-state index in [1.54, 1.807) is 11.6 Å². The van der Waals surface area contributed by atoms with E-state index in [1.165, 1.54) is 11.3 Å². The van der Waals surface area contributed by atoms with Gasteiger partial charge in [0, 0.05) is 36.5 Å². The summed E-state index contributed by atoms with van der Waals surface area (Å²) in [6, 6.07) is -0.120. The summed E-state index contributed by atoms with van der Waals surface area (Å²) in [5.41, 5.74) is 5.72. The SMILES string of the molecule is CC(=O)c1c(C)nn([C@H](C)CC(=O)NCCc2nc(C)c3c(n2)CCC3)c1C. The molecule has 28 heavy (non-hydrogen) atoms. The number of hydrogen-bond acceptors (Lipinski definition) is 5. The lowest BCUT2D eigenvalue weighted by Gasteiger charge is -2.14. The first-order chi connectivity index (χ1) is 13.3. The summed E-state index contributed by atoms with van der Waals surface area (Å²) < 4.78 is 1.78. The molecule has 3 rings (SSSR count). The van der Waals surface area contributed by atoms with Gasteiger partial charge >= 0.3 is 0 Å². The molecule has 2 aromatic heterocycles. The van der Waals surface area contributed by atoms with Crippen molar-refractivity contribution in [2.24, 2.45) is 0 Å².